The molecule has 6 rings (SSSR count). The highest BCUT2D eigenvalue weighted by molar-refractivity contribution is 5.92. The van der Waals surface area contributed by atoms with Gasteiger partial charge in [-0.15, -0.1) is 0 Å². The van der Waals surface area contributed by atoms with Crippen LogP contribution in [-0.4, -0.2) is 49.1 Å². The van der Waals surface area contributed by atoms with Crippen molar-refractivity contribution in [2.24, 2.45) is 34.5 Å². The Hall–Kier alpha value is -2.57. The van der Waals surface area contributed by atoms with E-state index in [1.54, 1.807) is 18.0 Å². The minimum Gasteiger partial charge on any atom is -0.486 e. The molecule has 7 heteroatoms. The van der Waals surface area contributed by atoms with Crippen molar-refractivity contribution in [2.75, 3.05) is 20.2 Å². The van der Waals surface area contributed by atoms with E-state index in [0.29, 0.717) is 30.9 Å². The van der Waals surface area contributed by atoms with Gasteiger partial charge in [0.2, 0.25) is 5.91 Å². The number of fused-ring (bicyclic) bond motifs is 6. The van der Waals surface area contributed by atoms with Gasteiger partial charge in [0.15, 0.2) is 17.3 Å². The van der Waals surface area contributed by atoms with Crippen molar-refractivity contribution < 1.29 is 23.5 Å². The Morgan fingerprint density at radius 3 is 2.69 bits per heavy atom. The second-order valence-electron chi connectivity index (χ2n) is 12.2. The van der Waals surface area contributed by atoms with Crippen molar-refractivity contribution in [3.8, 4) is 11.5 Å². The zero-order valence-corrected chi connectivity index (χ0v) is 21.5. The molecule has 2 aliphatic heterocycles. The van der Waals surface area contributed by atoms with Gasteiger partial charge >= 0.3 is 0 Å². The SMILES string of the molecule is CN1C(=O)C(F)=C[C@]2(C)C3CC[C@]4(C)[C@@H](C(=O)NCC5COc6ccccc6O5)CC[C@H]4C3CC[C@@H]12. The molecule has 0 saturated heterocycles. The van der Waals surface area contributed by atoms with E-state index in [1.807, 2.05) is 24.3 Å². The Labute approximate surface area is 212 Å². The topological polar surface area (TPSA) is 67.9 Å². The number of rotatable bonds is 3. The molecule has 1 aromatic carbocycles. The maximum absolute atomic E-state index is 14.6. The van der Waals surface area contributed by atoms with E-state index < -0.39 is 11.7 Å². The zero-order valence-electron chi connectivity index (χ0n) is 21.5. The number of hydrogen-bond donors (Lipinski definition) is 1. The number of halogens is 1. The Bertz CT molecular complexity index is 1110. The number of likely N-dealkylation sites (N-methyl/N-ethyl adjacent to an activating group) is 1. The average Bonchev–Trinajstić information content (AvgIpc) is 3.23. The second kappa shape index (κ2) is 8.49. The number of nitrogens with one attached hydrogen (secondary N) is 1. The molecule has 3 fully saturated rings. The molecular weight excluding hydrogens is 459 g/mol. The van der Waals surface area contributed by atoms with Gasteiger partial charge in [-0.1, -0.05) is 26.0 Å². The second-order valence-corrected chi connectivity index (χ2v) is 12.2. The Balaban J connectivity index is 1.14. The maximum atomic E-state index is 14.6. The van der Waals surface area contributed by atoms with Crippen LogP contribution in [0, 0.1) is 34.5 Å². The molecule has 0 spiro atoms. The minimum atomic E-state index is -0.606. The third kappa shape index (κ3) is 3.48. The molecule has 3 aliphatic carbocycles. The van der Waals surface area contributed by atoms with E-state index in [4.69, 9.17) is 9.47 Å². The molecule has 1 aromatic rings. The van der Waals surface area contributed by atoms with E-state index in [9.17, 15) is 14.0 Å². The van der Waals surface area contributed by atoms with Crippen LogP contribution in [0.4, 0.5) is 4.39 Å². The van der Waals surface area contributed by atoms with E-state index in [1.165, 1.54) is 0 Å². The summed E-state index contributed by atoms with van der Waals surface area (Å²) in [5, 5.41) is 3.18. The number of carbonyl (C=O) groups is 2. The zero-order chi connectivity index (χ0) is 25.2. The van der Waals surface area contributed by atoms with Crippen molar-refractivity contribution >= 4 is 11.8 Å². The normalized spacial score (nSPS) is 41.1. The van der Waals surface area contributed by atoms with E-state index in [2.05, 4.69) is 19.2 Å². The number of ether oxygens (including phenoxy) is 2. The molecule has 3 unspecified atom stereocenters. The molecule has 36 heavy (non-hydrogen) atoms. The first-order valence-electron chi connectivity index (χ1n) is 13.5. The number of amides is 2. The molecule has 2 amide bonds. The quantitative estimate of drug-likeness (QED) is 0.669. The van der Waals surface area contributed by atoms with Crippen LogP contribution in [0.3, 0.4) is 0 Å². The highest BCUT2D eigenvalue weighted by atomic mass is 19.1. The summed E-state index contributed by atoms with van der Waals surface area (Å²) >= 11 is 0. The molecule has 2 heterocycles. The molecule has 1 N–H and O–H groups in total. The van der Waals surface area contributed by atoms with Crippen LogP contribution in [0.5, 0.6) is 11.5 Å². The van der Waals surface area contributed by atoms with E-state index >= 15 is 0 Å². The van der Waals surface area contributed by atoms with Gasteiger partial charge in [0.05, 0.1) is 6.54 Å². The first-order chi connectivity index (χ1) is 17.2. The lowest BCUT2D eigenvalue weighted by Gasteiger charge is -2.60. The molecule has 5 aliphatic rings. The van der Waals surface area contributed by atoms with Gasteiger partial charge in [-0.2, -0.15) is 0 Å². The maximum Gasteiger partial charge on any atom is 0.282 e. The molecular formula is C29H37FN2O4. The highest BCUT2D eigenvalue weighted by Gasteiger charge is 2.62. The molecule has 8 atom stereocenters. The lowest BCUT2D eigenvalue weighted by molar-refractivity contribution is -0.145. The Kier molecular flexibility index (Phi) is 5.61. The van der Waals surface area contributed by atoms with E-state index in [-0.39, 0.29) is 34.8 Å². The summed E-state index contributed by atoms with van der Waals surface area (Å²) in [4.78, 5) is 27.4. The standard InChI is InChI=1S/C29H37FN2O4/c1-28-13-12-20-18(8-11-25-29(20,2)14-22(30)27(34)32(25)3)19(28)9-10-21(28)26(33)31-15-17-16-35-23-6-4-5-7-24(23)36-17/h4-7,14,17-21,25H,8-13,15-16H2,1-3H3,(H,31,33)/t17?,18?,19-,20?,21+,25+,28-,29+/m0/s1. The molecule has 0 aromatic heterocycles. The van der Waals surface area contributed by atoms with Crippen molar-refractivity contribution in [1.82, 2.24) is 10.2 Å². The van der Waals surface area contributed by atoms with Gasteiger partial charge in [0.1, 0.15) is 12.7 Å². The minimum absolute atomic E-state index is 0.0198. The van der Waals surface area contributed by atoms with Gasteiger partial charge < -0.3 is 19.7 Å². The third-order valence-corrected chi connectivity index (χ3v) is 10.5. The van der Waals surface area contributed by atoms with Crippen LogP contribution in [0.2, 0.25) is 0 Å². The Morgan fingerprint density at radius 2 is 1.89 bits per heavy atom. The van der Waals surface area contributed by atoms with Crippen LogP contribution in [0.15, 0.2) is 36.2 Å². The summed E-state index contributed by atoms with van der Waals surface area (Å²) in [6.07, 6.45) is 7.24. The molecule has 194 valence electrons. The average molecular weight is 497 g/mol. The van der Waals surface area contributed by atoms with Crippen LogP contribution in [0.1, 0.15) is 52.4 Å². The summed E-state index contributed by atoms with van der Waals surface area (Å²) in [5.74, 6) is 1.72. The lowest BCUT2D eigenvalue weighted by atomic mass is 9.47. The van der Waals surface area contributed by atoms with Crippen LogP contribution < -0.4 is 14.8 Å². The smallest absolute Gasteiger partial charge is 0.282 e. The summed E-state index contributed by atoms with van der Waals surface area (Å²) in [7, 11) is 1.75. The van der Waals surface area contributed by atoms with E-state index in [0.717, 1.165) is 50.0 Å². The number of para-hydroxylation sites is 2. The summed E-state index contributed by atoms with van der Waals surface area (Å²) in [6, 6.07) is 7.67. The van der Waals surface area contributed by atoms with Crippen molar-refractivity contribution in [1.29, 1.82) is 0 Å². The van der Waals surface area contributed by atoms with Crippen molar-refractivity contribution in [3.63, 3.8) is 0 Å². The van der Waals surface area contributed by atoms with Gasteiger partial charge in [0.25, 0.3) is 5.91 Å². The van der Waals surface area contributed by atoms with Gasteiger partial charge in [-0.3, -0.25) is 9.59 Å². The number of benzene rings is 1. The van der Waals surface area contributed by atoms with Gasteiger partial charge in [-0.05, 0) is 79.9 Å². The molecule has 0 radical (unpaired) electrons. The molecule has 3 saturated carbocycles. The molecule has 6 nitrogen and oxygen atoms in total. The van der Waals surface area contributed by atoms with Crippen molar-refractivity contribution in [2.45, 2.75) is 64.5 Å². The summed E-state index contributed by atoms with van der Waals surface area (Å²) in [6.45, 7) is 5.32. The van der Waals surface area contributed by atoms with Crippen LogP contribution >= 0.6 is 0 Å². The monoisotopic (exact) mass is 496 g/mol. The summed E-state index contributed by atoms with van der Waals surface area (Å²) in [5.41, 5.74) is -0.393. The third-order valence-electron chi connectivity index (χ3n) is 10.5. The predicted octanol–water partition coefficient (Wildman–Crippen LogP) is 4.50. The number of carbonyl (C=O) groups excluding carboxylic acids is 2. The fourth-order valence-electron chi connectivity index (χ4n) is 8.76. The van der Waals surface area contributed by atoms with Crippen molar-refractivity contribution in [3.05, 3.63) is 36.2 Å². The van der Waals surface area contributed by atoms with Gasteiger partial charge in [0, 0.05) is 24.4 Å². The largest absolute Gasteiger partial charge is 0.486 e. The number of hydrogen-bond acceptors (Lipinski definition) is 4. The predicted molar refractivity (Wildman–Crippen MR) is 133 cm³/mol. The fraction of sp³-hybridized carbons (Fsp3) is 0.655. The first kappa shape index (κ1) is 23.8. The first-order valence-corrected chi connectivity index (χ1v) is 13.5. The summed E-state index contributed by atoms with van der Waals surface area (Å²) < 4.78 is 26.5. The Morgan fingerprint density at radius 1 is 1.11 bits per heavy atom. The highest BCUT2D eigenvalue weighted by Crippen LogP contribution is 2.65. The van der Waals surface area contributed by atoms with Gasteiger partial charge in [-0.25, -0.2) is 4.39 Å². The fourth-order valence-corrected chi connectivity index (χ4v) is 8.76. The molecule has 0 bridgehead atoms. The van der Waals surface area contributed by atoms with Crippen LogP contribution in [0.25, 0.3) is 0 Å². The number of nitrogens with zero attached hydrogens (tertiary/aromatic N) is 1. The van der Waals surface area contributed by atoms with Crippen LogP contribution in [-0.2, 0) is 9.59 Å². The lowest BCUT2D eigenvalue weighted by Crippen LogP contribution is -2.60.